The molecule has 0 heterocycles. The fourth-order valence-corrected chi connectivity index (χ4v) is 2.31. The van der Waals surface area contributed by atoms with Crippen molar-refractivity contribution < 1.29 is 9.53 Å². The highest BCUT2D eigenvalue weighted by Gasteiger charge is 2.06. The van der Waals surface area contributed by atoms with Gasteiger partial charge < -0.3 is 10.1 Å². The Morgan fingerprint density at radius 1 is 1.20 bits per heavy atom. The summed E-state index contributed by atoms with van der Waals surface area (Å²) in [6.07, 6.45) is 8.39. The largest absolute Gasteiger partial charge is 0.494 e. The molecule has 108 valence electrons. The number of allylic oxidation sites excluding steroid dienone is 1. The van der Waals surface area contributed by atoms with Crippen LogP contribution in [0.2, 0.25) is 0 Å². The Kier molecular flexibility index (Phi) is 6.15. The van der Waals surface area contributed by atoms with E-state index in [0.717, 1.165) is 31.6 Å². The number of carbonyl (C=O) groups excluding carboxylic acids is 1. The van der Waals surface area contributed by atoms with Crippen molar-refractivity contribution in [2.75, 3.05) is 13.2 Å². The lowest BCUT2D eigenvalue weighted by Gasteiger charge is -2.13. The average Bonchev–Trinajstić information content (AvgIpc) is 2.52. The number of carbonyl (C=O) groups is 1. The zero-order chi connectivity index (χ0) is 14.0. The van der Waals surface area contributed by atoms with Gasteiger partial charge in [-0.3, -0.25) is 4.79 Å². The molecule has 0 bridgehead atoms. The summed E-state index contributed by atoms with van der Waals surface area (Å²) in [5, 5.41) is 2.99. The molecule has 1 aromatic carbocycles. The van der Waals surface area contributed by atoms with Crippen molar-refractivity contribution in [1.82, 2.24) is 5.32 Å². The fraction of sp³-hybridized carbons (Fsp3) is 0.471. The van der Waals surface area contributed by atoms with Crippen molar-refractivity contribution in [3.63, 3.8) is 0 Å². The van der Waals surface area contributed by atoms with Gasteiger partial charge in [0, 0.05) is 13.0 Å². The van der Waals surface area contributed by atoms with E-state index in [9.17, 15) is 4.79 Å². The molecule has 1 N–H and O–H groups in total. The van der Waals surface area contributed by atoms with Crippen molar-refractivity contribution in [3.8, 4) is 5.75 Å². The van der Waals surface area contributed by atoms with Gasteiger partial charge >= 0.3 is 0 Å². The molecule has 1 amide bonds. The summed E-state index contributed by atoms with van der Waals surface area (Å²) in [5.74, 6) is 0.980. The maximum atomic E-state index is 11.7. The lowest BCUT2D eigenvalue weighted by molar-refractivity contribution is -0.121. The van der Waals surface area contributed by atoms with E-state index in [0.29, 0.717) is 13.0 Å². The number of benzene rings is 1. The van der Waals surface area contributed by atoms with Crippen LogP contribution < -0.4 is 10.1 Å². The highest BCUT2D eigenvalue weighted by atomic mass is 16.5. The molecule has 20 heavy (non-hydrogen) atoms. The first-order valence-corrected chi connectivity index (χ1v) is 7.47. The van der Waals surface area contributed by atoms with Crippen LogP contribution in [0.25, 0.3) is 0 Å². The summed E-state index contributed by atoms with van der Waals surface area (Å²) < 4.78 is 5.56. The third kappa shape index (κ3) is 5.47. The molecule has 1 aliphatic rings. The molecule has 0 spiro atoms. The van der Waals surface area contributed by atoms with E-state index in [-0.39, 0.29) is 5.91 Å². The van der Waals surface area contributed by atoms with Crippen LogP contribution in [0.1, 0.15) is 38.5 Å². The molecule has 0 unspecified atom stereocenters. The van der Waals surface area contributed by atoms with Crippen LogP contribution in [-0.4, -0.2) is 19.1 Å². The number of ether oxygens (including phenoxy) is 1. The summed E-state index contributed by atoms with van der Waals surface area (Å²) in [5.41, 5.74) is 1.38. The number of hydrogen-bond acceptors (Lipinski definition) is 2. The van der Waals surface area contributed by atoms with Gasteiger partial charge in [0.25, 0.3) is 0 Å². The van der Waals surface area contributed by atoms with Gasteiger partial charge in [-0.05, 0) is 44.2 Å². The molecule has 1 aliphatic carbocycles. The maximum Gasteiger partial charge on any atom is 0.220 e. The third-order valence-corrected chi connectivity index (χ3v) is 3.46. The first kappa shape index (κ1) is 14.6. The Hall–Kier alpha value is -1.77. The Labute approximate surface area is 121 Å². The Balaban J connectivity index is 1.55. The monoisotopic (exact) mass is 273 g/mol. The summed E-state index contributed by atoms with van der Waals surface area (Å²) >= 11 is 0. The second kappa shape index (κ2) is 8.41. The number of nitrogens with one attached hydrogen (secondary N) is 1. The molecule has 3 nitrogen and oxygen atoms in total. The highest BCUT2D eigenvalue weighted by molar-refractivity contribution is 5.76. The van der Waals surface area contributed by atoms with Crippen molar-refractivity contribution >= 4 is 5.91 Å². The van der Waals surface area contributed by atoms with Crippen LogP contribution >= 0.6 is 0 Å². The second-order valence-corrected chi connectivity index (χ2v) is 5.15. The molecule has 0 atom stereocenters. The van der Waals surface area contributed by atoms with Crippen molar-refractivity contribution in [2.45, 2.75) is 38.5 Å². The molecule has 1 aromatic rings. The van der Waals surface area contributed by atoms with E-state index < -0.39 is 0 Å². The van der Waals surface area contributed by atoms with E-state index in [1.54, 1.807) is 0 Å². The highest BCUT2D eigenvalue weighted by Crippen LogP contribution is 2.16. The number of rotatable bonds is 7. The van der Waals surface area contributed by atoms with Crippen LogP contribution in [0.3, 0.4) is 0 Å². The molecule has 2 rings (SSSR count). The first-order chi connectivity index (χ1) is 9.84. The lowest BCUT2D eigenvalue weighted by atomic mass is 10.00. The summed E-state index contributed by atoms with van der Waals surface area (Å²) in [6.45, 7) is 1.30. The minimum absolute atomic E-state index is 0.119. The molecular weight excluding hydrogens is 250 g/mol. The van der Waals surface area contributed by atoms with Gasteiger partial charge in [0.2, 0.25) is 5.91 Å². The normalized spacial score (nSPS) is 14.5. The fourth-order valence-electron chi connectivity index (χ4n) is 2.31. The second-order valence-electron chi connectivity index (χ2n) is 5.15. The summed E-state index contributed by atoms with van der Waals surface area (Å²) in [4.78, 5) is 11.7. The Morgan fingerprint density at radius 2 is 2.05 bits per heavy atom. The molecule has 0 aliphatic heterocycles. The van der Waals surface area contributed by atoms with Crippen molar-refractivity contribution in [2.24, 2.45) is 0 Å². The van der Waals surface area contributed by atoms with Crippen molar-refractivity contribution in [3.05, 3.63) is 42.0 Å². The quantitative estimate of drug-likeness (QED) is 0.610. The van der Waals surface area contributed by atoms with E-state index in [1.165, 1.54) is 18.4 Å². The van der Waals surface area contributed by atoms with Crippen LogP contribution in [0, 0.1) is 0 Å². The molecule has 0 saturated heterocycles. The summed E-state index contributed by atoms with van der Waals surface area (Å²) in [6, 6.07) is 9.70. The predicted octanol–water partition coefficient (Wildman–Crippen LogP) is 3.46. The number of hydrogen-bond donors (Lipinski definition) is 1. The molecule has 0 saturated carbocycles. The summed E-state index contributed by atoms with van der Waals surface area (Å²) in [7, 11) is 0. The minimum atomic E-state index is 0.119. The van der Waals surface area contributed by atoms with E-state index >= 15 is 0 Å². The van der Waals surface area contributed by atoms with Crippen LogP contribution in [-0.2, 0) is 4.79 Å². The maximum absolute atomic E-state index is 11.7. The zero-order valence-electron chi connectivity index (χ0n) is 11.9. The third-order valence-electron chi connectivity index (χ3n) is 3.46. The van der Waals surface area contributed by atoms with E-state index in [4.69, 9.17) is 4.74 Å². The lowest BCUT2D eigenvalue weighted by Crippen LogP contribution is -2.26. The zero-order valence-corrected chi connectivity index (χ0v) is 11.9. The van der Waals surface area contributed by atoms with E-state index in [2.05, 4.69) is 11.4 Å². The van der Waals surface area contributed by atoms with Crippen LogP contribution in [0.5, 0.6) is 5.75 Å². The molecular formula is C17H23NO2. The van der Waals surface area contributed by atoms with Gasteiger partial charge in [0.05, 0.1) is 6.61 Å². The molecule has 3 heteroatoms. The topological polar surface area (TPSA) is 38.3 Å². The van der Waals surface area contributed by atoms with E-state index in [1.807, 2.05) is 30.3 Å². The Bertz CT molecular complexity index is 440. The minimum Gasteiger partial charge on any atom is -0.494 e. The number of para-hydroxylation sites is 1. The van der Waals surface area contributed by atoms with Gasteiger partial charge in [0.15, 0.2) is 0 Å². The molecule has 0 aromatic heterocycles. The average molecular weight is 273 g/mol. The van der Waals surface area contributed by atoms with Crippen LogP contribution in [0.4, 0.5) is 0 Å². The van der Waals surface area contributed by atoms with Gasteiger partial charge in [-0.1, -0.05) is 29.8 Å². The smallest absolute Gasteiger partial charge is 0.220 e. The SMILES string of the molecule is O=C(CCCOc1ccccc1)NCC1=CCCCC1. The standard InChI is InChI=1S/C17H23NO2/c19-17(18-14-15-8-3-1-4-9-15)12-7-13-20-16-10-5-2-6-11-16/h2,5-6,8,10-11H,1,3-4,7,9,12-14H2,(H,18,19). The van der Waals surface area contributed by atoms with Crippen LogP contribution in [0.15, 0.2) is 42.0 Å². The van der Waals surface area contributed by atoms with Gasteiger partial charge in [-0.15, -0.1) is 0 Å². The van der Waals surface area contributed by atoms with Gasteiger partial charge in [-0.25, -0.2) is 0 Å². The predicted molar refractivity (Wildman–Crippen MR) is 80.7 cm³/mol. The van der Waals surface area contributed by atoms with Gasteiger partial charge in [0.1, 0.15) is 5.75 Å². The number of amides is 1. The van der Waals surface area contributed by atoms with Gasteiger partial charge in [-0.2, -0.15) is 0 Å². The molecule has 0 fully saturated rings. The van der Waals surface area contributed by atoms with Crippen molar-refractivity contribution in [1.29, 1.82) is 0 Å². The first-order valence-electron chi connectivity index (χ1n) is 7.47. The molecule has 0 radical (unpaired) electrons. The Morgan fingerprint density at radius 3 is 2.80 bits per heavy atom.